The van der Waals surface area contributed by atoms with E-state index in [0.29, 0.717) is 0 Å². The smallest absolute Gasteiger partial charge is 0.152 e. The molecule has 1 fully saturated rings. The first kappa shape index (κ1) is 16.1. The Kier molecular flexibility index (Phi) is 4.42. The lowest BCUT2D eigenvalue weighted by Gasteiger charge is -2.33. The minimum Gasteiger partial charge on any atom is -0.458 e. The van der Waals surface area contributed by atoms with Gasteiger partial charge in [-0.3, -0.25) is 10.00 Å². The van der Waals surface area contributed by atoms with Crippen molar-refractivity contribution in [3.05, 3.63) is 48.4 Å². The maximum absolute atomic E-state index is 10.6. The summed E-state index contributed by atoms with van der Waals surface area (Å²) in [6, 6.07) is 5.89. The Hall–Kier alpha value is -2.38. The van der Waals surface area contributed by atoms with Crippen LogP contribution in [0.4, 0.5) is 0 Å². The molecule has 4 heterocycles. The quantitative estimate of drug-likeness (QED) is 0.744. The van der Waals surface area contributed by atoms with Gasteiger partial charge >= 0.3 is 0 Å². The predicted molar refractivity (Wildman–Crippen MR) is 92.5 cm³/mol. The van der Waals surface area contributed by atoms with Crippen LogP contribution in [0.2, 0.25) is 0 Å². The van der Waals surface area contributed by atoms with Crippen LogP contribution in [0.15, 0.2) is 41.2 Å². The number of furan rings is 1. The first-order valence-electron chi connectivity index (χ1n) is 8.67. The highest BCUT2D eigenvalue weighted by atomic mass is 16.3. The van der Waals surface area contributed by atoms with E-state index in [4.69, 9.17) is 4.42 Å². The third kappa shape index (κ3) is 3.38. The maximum Gasteiger partial charge on any atom is 0.152 e. The first-order valence-corrected chi connectivity index (χ1v) is 8.67. The topological polar surface area (TPSA) is 83.1 Å². The maximum atomic E-state index is 10.6. The molecule has 1 saturated heterocycles. The SMILES string of the molecule is Cn1ccnc1[C@H](O)C1CCN(Cc2ccc(-c3ccn[nH]3)o2)CC1. The Balaban J connectivity index is 1.33. The molecule has 7 nitrogen and oxygen atoms in total. The van der Waals surface area contributed by atoms with Crippen LogP contribution in [0.3, 0.4) is 0 Å². The second kappa shape index (κ2) is 6.85. The molecular weight excluding hydrogens is 318 g/mol. The molecule has 4 rings (SSSR count). The highest BCUT2D eigenvalue weighted by molar-refractivity contribution is 5.51. The average Bonchev–Trinajstić information content (AvgIpc) is 3.36. The Morgan fingerprint density at radius 2 is 2.12 bits per heavy atom. The second-order valence-electron chi connectivity index (χ2n) is 6.69. The van der Waals surface area contributed by atoms with E-state index in [1.807, 2.05) is 36.0 Å². The fourth-order valence-electron chi connectivity index (χ4n) is 3.52. The van der Waals surface area contributed by atoms with Gasteiger partial charge in [0.1, 0.15) is 23.4 Å². The fourth-order valence-corrected chi connectivity index (χ4v) is 3.52. The molecule has 25 heavy (non-hydrogen) atoms. The van der Waals surface area contributed by atoms with Crippen LogP contribution < -0.4 is 0 Å². The minimum absolute atomic E-state index is 0.259. The number of nitrogens with one attached hydrogen (secondary N) is 1. The van der Waals surface area contributed by atoms with E-state index in [1.54, 1.807) is 12.4 Å². The third-order valence-corrected chi connectivity index (χ3v) is 5.01. The lowest BCUT2D eigenvalue weighted by atomic mass is 9.90. The van der Waals surface area contributed by atoms with Crippen LogP contribution in [0.1, 0.15) is 30.5 Å². The molecule has 3 aromatic heterocycles. The van der Waals surface area contributed by atoms with Crippen molar-refractivity contribution >= 4 is 0 Å². The van der Waals surface area contributed by atoms with Gasteiger partial charge in [0, 0.05) is 25.6 Å². The first-order chi connectivity index (χ1) is 12.2. The molecule has 3 aromatic rings. The summed E-state index contributed by atoms with van der Waals surface area (Å²) in [5, 5.41) is 17.4. The molecule has 1 aliphatic rings. The number of aromatic nitrogens is 4. The largest absolute Gasteiger partial charge is 0.458 e. The highest BCUT2D eigenvalue weighted by Crippen LogP contribution is 2.30. The Bertz CT molecular complexity index is 799. The molecule has 0 aromatic carbocycles. The molecule has 132 valence electrons. The van der Waals surface area contributed by atoms with Gasteiger partial charge in [0.05, 0.1) is 6.54 Å². The summed E-state index contributed by atoms with van der Waals surface area (Å²) in [7, 11) is 1.93. The number of aliphatic hydroxyl groups excluding tert-OH is 1. The summed E-state index contributed by atoms with van der Waals surface area (Å²) in [4.78, 5) is 6.65. The van der Waals surface area contributed by atoms with Crippen molar-refractivity contribution in [1.82, 2.24) is 24.6 Å². The predicted octanol–water partition coefficient (Wildman–Crippen LogP) is 2.35. The summed E-state index contributed by atoms with van der Waals surface area (Å²) in [5.74, 6) is 2.78. The van der Waals surface area contributed by atoms with Gasteiger partial charge in [-0.25, -0.2) is 4.98 Å². The van der Waals surface area contributed by atoms with Crippen molar-refractivity contribution in [2.45, 2.75) is 25.5 Å². The van der Waals surface area contributed by atoms with Gasteiger partial charge in [-0.05, 0) is 50.0 Å². The van der Waals surface area contributed by atoms with Crippen molar-refractivity contribution in [3.8, 4) is 11.5 Å². The van der Waals surface area contributed by atoms with Crippen LogP contribution in [-0.2, 0) is 13.6 Å². The van der Waals surface area contributed by atoms with Gasteiger partial charge < -0.3 is 14.1 Å². The average molecular weight is 341 g/mol. The molecule has 0 saturated carbocycles. The standard InChI is InChI=1S/C18H23N5O2/c1-22-11-8-19-18(22)17(24)13-5-9-23(10-6-13)12-14-2-3-16(25-14)15-4-7-20-21-15/h2-4,7-8,11,13,17,24H,5-6,9-10,12H2,1H3,(H,20,21)/t17-/m1/s1. The number of hydrogen-bond donors (Lipinski definition) is 2. The summed E-state index contributed by atoms with van der Waals surface area (Å²) in [6.45, 7) is 2.69. The van der Waals surface area contributed by atoms with Crippen LogP contribution in [-0.4, -0.2) is 42.8 Å². The lowest BCUT2D eigenvalue weighted by molar-refractivity contribution is 0.0476. The van der Waals surface area contributed by atoms with Gasteiger partial charge in [-0.1, -0.05) is 0 Å². The fraction of sp³-hybridized carbons (Fsp3) is 0.444. The molecule has 2 N–H and O–H groups in total. The normalized spacial score (nSPS) is 17.8. The summed E-state index contributed by atoms with van der Waals surface area (Å²) in [5.41, 5.74) is 0.892. The van der Waals surface area contributed by atoms with Gasteiger partial charge in [0.25, 0.3) is 0 Å². The van der Waals surface area contributed by atoms with E-state index in [1.165, 1.54) is 0 Å². The molecular formula is C18H23N5O2. The molecule has 0 aliphatic carbocycles. The number of hydrogen-bond acceptors (Lipinski definition) is 5. The van der Waals surface area contributed by atoms with Gasteiger partial charge in [-0.15, -0.1) is 0 Å². The number of nitrogens with zero attached hydrogens (tertiary/aromatic N) is 4. The second-order valence-corrected chi connectivity index (χ2v) is 6.69. The zero-order chi connectivity index (χ0) is 17.2. The van der Waals surface area contributed by atoms with E-state index >= 15 is 0 Å². The van der Waals surface area contributed by atoms with Crippen molar-refractivity contribution < 1.29 is 9.52 Å². The number of rotatable bonds is 5. The minimum atomic E-state index is -0.488. The van der Waals surface area contributed by atoms with Crippen LogP contribution >= 0.6 is 0 Å². The zero-order valence-corrected chi connectivity index (χ0v) is 14.3. The number of H-pyrrole nitrogens is 1. The number of aliphatic hydroxyl groups is 1. The lowest BCUT2D eigenvalue weighted by Crippen LogP contribution is -2.35. The molecule has 0 unspecified atom stereocenters. The highest BCUT2D eigenvalue weighted by Gasteiger charge is 2.28. The number of likely N-dealkylation sites (tertiary alicyclic amines) is 1. The molecule has 0 amide bonds. The van der Waals surface area contributed by atoms with E-state index < -0.39 is 6.10 Å². The molecule has 7 heteroatoms. The van der Waals surface area contributed by atoms with E-state index in [2.05, 4.69) is 20.1 Å². The van der Waals surface area contributed by atoms with E-state index in [0.717, 1.165) is 55.5 Å². The van der Waals surface area contributed by atoms with Crippen molar-refractivity contribution in [2.75, 3.05) is 13.1 Å². The zero-order valence-electron chi connectivity index (χ0n) is 14.3. The molecule has 0 spiro atoms. The number of aryl methyl sites for hydroxylation is 1. The van der Waals surface area contributed by atoms with Gasteiger partial charge in [-0.2, -0.15) is 5.10 Å². The number of imidazole rings is 1. The van der Waals surface area contributed by atoms with Crippen molar-refractivity contribution in [2.24, 2.45) is 13.0 Å². The summed E-state index contributed by atoms with van der Waals surface area (Å²) in [6.07, 6.45) is 6.76. The number of piperidine rings is 1. The number of aromatic amines is 1. The third-order valence-electron chi connectivity index (χ3n) is 5.01. The molecule has 0 radical (unpaired) electrons. The summed E-state index contributed by atoms with van der Waals surface area (Å²) < 4.78 is 7.80. The molecule has 1 atom stereocenters. The Morgan fingerprint density at radius 1 is 1.28 bits per heavy atom. The van der Waals surface area contributed by atoms with Crippen LogP contribution in [0, 0.1) is 5.92 Å². The molecule has 1 aliphatic heterocycles. The van der Waals surface area contributed by atoms with Crippen molar-refractivity contribution in [1.29, 1.82) is 0 Å². The van der Waals surface area contributed by atoms with E-state index in [-0.39, 0.29) is 5.92 Å². The Morgan fingerprint density at radius 3 is 2.80 bits per heavy atom. The summed E-state index contributed by atoms with van der Waals surface area (Å²) >= 11 is 0. The van der Waals surface area contributed by atoms with E-state index in [9.17, 15) is 5.11 Å². The van der Waals surface area contributed by atoms with Crippen LogP contribution in [0.25, 0.3) is 11.5 Å². The van der Waals surface area contributed by atoms with Gasteiger partial charge in [0.15, 0.2) is 5.76 Å². The van der Waals surface area contributed by atoms with Gasteiger partial charge in [0.2, 0.25) is 0 Å². The molecule has 0 bridgehead atoms. The Labute approximate surface area is 146 Å². The van der Waals surface area contributed by atoms with Crippen LogP contribution in [0.5, 0.6) is 0 Å². The monoisotopic (exact) mass is 341 g/mol. The van der Waals surface area contributed by atoms with Crippen molar-refractivity contribution in [3.63, 3.8) is 0 Å².